The van der Waals surface area contributed by atoms with Crippen LogP contribution in [0.25, 0.3) is 0 Å². The maximum absolute atomic E-state index is 10.4. The Balaban J connectivity index is 3.23. The quantitative estimate of drug-likeness (QED) is 0.393. The highest BCUT2D eigenvalue weighted by molar-refractivity contribution is 7.97. The van der Waals surface area contributed by atoms with Crippen molar-refractivity contribution in [3.63, 3.8) is 0 Å². The van der Waals surface area contributed by atoms with Gasteiger partial charge in [-0.1, -0.05) is 12.1 Å². The van der Waals surface area contributed by atoms with Gasteiger partial charge in [-0.05, 0) is 18.0 Å². The van der Waals surface area contributed by atoms with Gasteiger partial charge < -0.3 is 5.73 Å². The van der Waals surface area contributed by atoms with Crippen molar-refractivity contribution in [2.75, 3.05) is 5.73 Å². The summed E-state index contributed by atoms with van der Waals surface area (Å²) in [4.78, 5) is 11.1. The van der Waals surface area contributed by atoms with Gasteiger partial charge >= 0.3 is 0 Å². The summed E-state index contributed by atoms with van der Waals surface area (Å²) in [6, 6.07) is 5.11. The topological polar surface area (TPSA) is 69.1 Å². The van der Waals surface area contributed by atoms with Gasteiger partial charge in [0.05, 0.1) is 4.90 Å². The highest BCUT2D eigenvalue weighted by Gasteiger charge is 2.02. The summed E-state index contributed by atoms with van der Waals surface area (Å²) in [7, 11) is 0. The predicted molar refractivity (Wildman–Crippen MR) is 46.3 cm³/mol. The van der Waals surface area contributed by atoms with Crippen molar-refractivity contribution in [1.82, 2.24) is 0 Å². The van der Waals surface area contributed by atoms with E-state index in [1.807, 2.05) is 0 Å². The Morgan fingerprint density at radius 1 is 1.45 bits per heavy atom. The van der Waals surface area contributed by atoms with E-state index < -0.39 is 0 Å². The van der Waals surface area contributed by atoms with Crippen molar-refractivity contribution in [3.8, 4) is 0 Å². The molecule has 4 N–H and O–H groups in total. The molecule has 0 unspecified atom stereocenters. The highest BCUT2D eigenvalue weighted by Crippen LogP contribution is 2.23. The number of nitrogens with two attached hydrogens (primary N) is 2. The van der Waals surface area contributed by atoms with Crippen LogP contribution >= 0.6 is 11.9 Å². The van der Waals surface area contributed by atoms with E-state index in [1.165, 1.54) is 0 Å². The second kappa shape index (κ2) is 3.41. The van der Waals surface area contributed by atoms with Gasteiger partial charge in [0.1, 0.15) is 0 Å². The molecule has 0 radical (unpaired) electrons. The molecule has 1 rings (SSSR count). The Morgan fingerprint density at radius 3 is 2.64 bits per heavy atom. The summed E-state index contributed by atoms with van der Waals surface area (Å²) in [5, 5.41) is 5.30. The molecule has 1 aromatic carbocycles. The average Bonchev–Trinajstić information content (AvgIpc) is 2.04. The Labute approximate surface area is 68.9 Å². The molecule has 0 saturated carbocycles. The number of rotatable bonds is 2. The van der Waals surface area contributed by atoms with E-state index in [1.54, 1.807) is 18.2 Å². The van der Waals surface area contributed by atoms with Gasteiger partial charge in [0.25, 0.3) is 0 Å². The number of hydrogen-bond donors (Lipinski definition) is 2. The first-order valence-electron chi connectivity index (χ1n) is 3.00. The number of hydrogen-bond acceptors (Lipinski definition) is 4. The number of nitrogen functional groups attached to an aromatic ring is 1. The van der Waals surface area contributed by atoms with Crippen molar-refractivity contribution in [1.29, 1.82) is 0 Å². The van der Waals surface area contributed by atoms with Crippen LogP contribution in [0.4, 0.5) is 5.69 Å². The Morgan fingerprint density at radius 2 is 2.18 bits per heavy atom. The molecule has 3 nitrogen and oxygen atoms in total. The fourth-order valence-corrected chi connectivity index (χ4v) is 1.26. The van der Waals surface area contributed by atoms with E-state index >= 15 is 0 Å². The smallest absolute Gasteiger partial charge is 0.151 e. The molecule has 0 amide bonds. The molecule has 0 aliphatic heterocycles. The lowest BCUT2D eigenvalue weighted by Gasteiger charge is -2.02. The molecule has 0 bridgehead atoms. The Kier molecular flexibility index (Phi) is 2.51. The highest BCUT2D eigenvalue weighted by atomic mass is 32.2. The minimum Gasteiger partial charge on any atom is -0.398 e. The van der Waals surface area contributed by atoms with Crippen LogP contribution in [-0.4, -0.2) is 6.29 Å². The minimum absolute atomic E-state index is 0.539. The summed E-state index contributed by atoms with van der Waals surface area (Å²) < 4.78 is 0. The first-order chi connectivity index (χ1) is 5.29. The molecule has 0 spiro atoms. The van der Waals surface area contributed by atoms with Gasteiger partial charge in [0, 0.05) is 11.3 Å². The maximum Gasteiger partial charge on any atom is 0.151 e. The standard InChI is InChI=1S/C7H8N2OS/c8-6-3-1-2-5(4-10)7(6)11-9/h1-4H,8-9H2. The van der Waals surface area contributed by atoms with Crippen molar-refractivity contribution in [3.05, 3.63) is 23.8 Å². The summed E-state index contributed by atoms with van der Waals surface area (Å²) in [6.45, 7) is 0. The average molecular weight is 168 g/mol. The predicted octanol–water partition coefficient (Wildman–Crippen LogP) is 1.05. The molecule has 11 heavy (non-hydrogen) atoms. The molecule has 58 valence electrons. The summed E-state index contributed by atoms with van der Waals surface area (Å²) in [5.74, 6) is 0. The van der Waals surface area contributed by atoms with Crippen molar-refractivity contribution in [2.24, 2.45) is 5.14 Å². The number of carbonyl (C=O) groups excluding carboxylic acids is 1. The van der Waals surface area contributed by atoms with E-state index in [-0.39, 0.29) is 0 Å². The van der Waals surface area contributed by atoms with E-state index in [0.717, 1.165) is 18.2 Å². The molecule has 0 saturated heterocycles. The third-order valence-electron chi connectivity index (χ3n) is 1.32. The lowest BCUT2D eigenvalue weighted by molar-refractivity contribution is 0.112. The lowest BCUT2D eigenvalue weighted by atomic mass is 10.2. The third-order valence-corrected chi connectivity index (χ3v) is 2.03. The van der Waals surface area contributed by atoms with Crippen LogP contribution in [0.3, 0.4) is 0 Å². The zero-order valence-corrected chi connectivity index (χ0v) is 6.60. The summed E-state index contributed by atoms with van der Waals surface area (Å²) >= 11 is 0.990. The molecule has 1 aromatic rings. The monoisotopic (exact) mass is 168 g/mol. The van der Waals surface area contributed by atoms with E-state index in [2.05, 4.69) is 0 Å². The molecule has 0 aromatic heterocycles. The van der Waals surface area contributed by atoms with Gasteiger partial charge in [-0.3, -0.25) is 9.93 Å². The lowest BCUT2D eigenvalue weighted by Crippen LogP contribution is -1.95. The number of benzene rings is 1. The SMILES string of the molecule is NSc1c(N)cccc1C=O. The Hall–Kier alpha value is -1.00. The van der Waals surface area contributed by atoms with Crippen molar-refractivity contribution < 1.29 is 4.79 Å². The van der Waals surface area contributed by atoms with Gasteiger partial charge in [0.15, 0.2) is 6.29 Å². The van der Waals surface area contributed by atoms with E-state index in [9.17, 15) is 4.79 Å². The van der Waals surface area contributed by atoms with E-state index in [4.69, 9.17) is 10.9 Å². The molecule has 0 atom stereocenters. The molecular formula is C7H8N2OS. The fourth-order valence-electron chi connectivity index (χ4n) is 0.802. The summed E-state index contributed by atoms with van der Waals surface area (Å²) in [5.41, 5.74) is 6.63. The van der Waals surface area contributed by atoms with Gasteiger partial charge in [-0.25, -0.2) is 0 Å². The zero-order chi connectivity index (χ0) is 8.27. The first kappa shape index (κ1) is 8.10. The van der Waals surface area contributed by atoms with Crippen LogP contribution in [-0.2, 0) is 0 Å². The maximum atomic E-state index is 10.4. The minimum atomic E-state index is 0.539. The Bertz CT molecular complexity index is 275. The van der Waals surface area contributed by atoms with Crippen LogP contribution in [0.1, 0.15) is 10.4 Å². The molecule has 0 heterocycles. The first-order valence-corrected chi connectivity index (χ1v) is 3.88. The van der Waals surface area contributed by atoms with Crippen LogP contribution in [0.2, 0.25) is 0 Å². The molecule has 0 aliphatic carbocycles. The molecule has 4 heteroatoms. The van der Waals surface area contributed by atoms with Crippen molar-refractivity contribution >= 4 is 23.9 Å². The molecule has 0 aliphatic rings. The molecular weight excluding hydrogens is 160 g/mol. The molecule has 0 fully saturated rings. The summed E-state index contributed by atoms with van der Waals surface area (Å²) in [6.07, 6.45) is 0.742. The zero-order valence-electron chi connectivity index (χ0n) is 5.78. The number of carbonyl (C=O) groups is 1. The second-order valence-corrected chi connectivity index (χ2v) is 2.65. The third kappa shape index (κ3) is 1.53. The van der Waals surface area contributed by atoms with Gasteiger partial charge in [-0.2, -0.15) is 0 Å². The largest absolute Gasteiger partial charge is 0.398 e. The van der Waals surface area contributed by atoms with Crippen LogP contribution < -0.4 is 10.9 Å². The normalized spacial score (nSPS) is 9.55. The van der Waals surface area contributed by atoms with Crippen LogP contribution in [0, 0.1) is 0 Å². The van der Waals surface area contributed by atoms with Crippen LogP contribution in [0.15, 0.2) is 23.1 Å². The van der Waals surface area contributed by atoms with Crippen LogP contribution in [0.5, 0.6) is 0 Å². The number of aldehydes is 1. The fraction of sp³-hybridized carbons (Fsp3) is 0. The van der Waals surface area contributed by atoms with Crippen molar-refractivity contribution in [2.45, 2.75) is 4.90 Å². The number of anilines is 1. The van der Waals surface area contributed by atoms with Gasteiger partial charge in [-0.15, -0.1) is 0 Å². The second-order valence-electron chi connectivity index (χ2n) is 2.00. The van der Waals surface area contributed by atoms with E-state index in [0.29, 0.717) is 16.1 Å². The van der Waals surface area contributed by atoms with Gasteiger partial charge in [0.2, 0.25) is 0 Å².